The van der Waals surface area contributed by atoms with Crippen molar-refractivity contribution in [2.75, 3.05) is 13.6 Å². The average Bonchev–Trinajstić information content (AvgIpc) is 2.78. The summed E-state index contributed by atoms with van der Waals surface area (Å²) in [5, 5.41) is 8.04. The first kappa shape index (κ1) is 9.04. The van der Waals surface area contributed by atoms with Crippen LogP contribution in [0.15, 0.2) is 0 Å². The van der Waals surface area contributed by atoms with E-state index >= 15 is 0 Å². The highest BCUT2D eigenvalue weighted by molar-refractivity contribution is 5.81. The van der Waals surface area contributed by atoms with Gasteiger partial charge in [-0.3, -0.25) is 5.41 Å². The van der Waals surface area contributed by atoms with E-state index in [0.717, 1.165) is 18.3 Å². The first-order valence-corrected chi connectivity index (χ1v) is 5.57. The number of nitrogens with one attached hydrogen (secondary N) is 1. The molecule has 2 saturated carbocycles. The van der Waals surface area contributed by atoms with Crippen molar-refractivity contribution in [3.63, 3.8) is 0 Å². The van der Waals surface area contributed by atoms with Gasteiger partial charge >= 0.3 is 0 Å². The van der Waals surface area contributed by atoms with E-state index in [9.17, 15) is 0 Å². The van der Waals surface area contributed by atoms with Gasteiger partial charge in [0.05, 0.1) is 5.84 Å². The zero-order valence-corrected chi connectivity index (χ0v) is 8.55. The van der Waals surface area contributed by atoms with Crippen LogP contribution < -0.4 is 0 Å². The molecule has 74 valence electrons. The summed E-state index contributed by atoms with van der Waals surface area (Å²) < 4.78 is 0. The molecule has 0 bridgehead atoms. The van der Waals surface area contributed by atoms with Crippen LogP contribution in [0.3, 0.4) is 0 Å². The topological polar surface area (TPSA) is 27.1 Å². The Morgan fingerprint density at radius 1 is 1.23 bits per heavy atom. The Hall–Kier alpha value is -0.530. The monoisotopic (exact) mass is 180 g/mol. The van der Waals surface area contributed by atoms with Crippen molar-refractivity contribution in [1.82, 2.24) is 4.90 Å². The lowest BCUT2D eigenvalue weighted by atomic mass is 10.1. The van der Waals surface area contributed by atoms with E-state index in [2.05, 4.69) is 11.9 Å². The van der Waals surface area contributed by atoms with Crippen LogP contribution in [0.1, 0.15) is 38.5 Å². The lowest BCUT2D eigenvalue weighted by molar-refractivity contribution is 0.439. The zero-order chi connectivity index (χ0) is 9.26. The molecule has 2 heteroatoms. The van der Waals surface area contributed by atoms with Gasteiger partial charge < -0.3 is 4.90 Å². The molecule has 0 aliphatic heterocycles. The normalized spacial score (nSPS) is 23.5. The lowest BCUT2D eigenvalue weighted by Crippen LogP contribution is -2.32. The molecular weight excluding hydrogens is 160 g/mol. The van der Waals surface area contributed by atoms with Crippen molar-refractivity contribution in [3.05, 3.63) is 0 Å². The minimum absolute atomic E-state index is 0.587. The highest BCUT2D eigenvalue weighted by Gasteiger charge is 2.27. The molecule has 0 radical (unpaired) electrons. The standard InChI is InChI=1S/C11H20N2/c1-13(8-9-6-7-9)11(12)10-4-2-3-5-10/h9-10,12H,2-8H2,1H3. The van der Waals surface area contributed by atoms with Crippen molar-refractivity contribution in [1.29, 1.82) is 5.41 Å². The van der Waals surface area contributed by atoms with Crippen molar-refractivity contribution in [3.8, 4) is 0 Å². The summed E-state index contributed by atoms with van der Waals surface area (Å²) in [4.78, 5) is 2.19. The fourth-order valence-electron chi connectivity index (χ4n) is 2.30. The predicted molar refractivity (Wildman–Crippen MR) is 55.0 cm³/mol. The van der Waals surface area contributed by atoms with Gasteiger partial charge in [-0.2, -0.15) is 0 Å². The quantitative estimate of drug-likeness (QED) is 0.524. The molecule has 0 aromatic carbocycles. The van der Waals surface area contributed by atoms with Crippen LogP contribution in [0.4, 0.5) is 0 Å². The SMILES string of the molecule is CN(CC1CC1)C(=N)C1CCCC1. The Morgan fingerprint density at radius 3 is 2.38 bits per heavy atom. The second kappa shape index (κ2) is 3.69. The molecule has 0 aromatic rings. The third kappa shape index (κ3) is 2.23. The zero-order valence-electron chi connectivity index (χ0n) is 8.55. The maximum absolute atomic E-state index is 8.04. The Balaban J connectivity index is 1.79. The summed E-state index contributed by atoms with van der Waals surface area (Å²) in [7, 11) is 2.10. The fraction of sp³-hybridized carbons (Fsp3) is 0.909. The van der Waals surface area contributed by atoms with Crippen LogP contribution >= 0.6 is 0 Å². The largest absolute Gasteiger partial charge is 0.363 e. The summed E-state index contributed by atoms with van der Waals surface area (Å²) in [5.74, 6) is 2.40. The Morgan fingerprint density at radius 2 is 1.85 bits per heavy atom. The van der Waals surface area contributed by atoms with E-state index in [-0.39, 0.29) is 0 Å². The highest BCUT2D eigenvalue weighted by Crippen LogP contribution is 2.31. The Labute approximate surface area is 80.8 Å². The molecular formula is C11H20N2. The minimum Gasteiger partial charge on any atom is -0.363 e. The Bertz CT molecular complexity index is 190. The first-order chi connectivity index (χ1) is 6.27. The lowest BCUT2D eigenvalue weighted by Gasteiger charge is -2.23. The van der Waals surface area contributed by atoms with Gasteiger partial charge in [-0.25, -0.2) is 0 Å². The van der Waals surface area contributed by atoms with Gasteiger partial charge in [0.25, 0.3) is 0 Å². The average molecular weight is 180 g/mol. The van der Waals surface area contributed by atoms with E-state index in [1.54, 1.807) is 0 Å². The van der Waals surface area contributed by atoms with Crippen LogP contribution in [0.2, 0.25) is 0 Å². The molecule has 0 heterocycles. The third-order valence-electron chi connectivity index (χ3n) is 3.38. The van der Waals surface area contributed by atoms with Crippen LogP contribution in [0.25, 0.3) is 0 Å². The predicted octanol–water partition coefficient (Wildman–Crippen LogP) is 2.50. The van der Waals surface area contributed by atoms with E-state index in [1.807, 2.05) is 0 Å². The minimum atomic E-state index is 0.587. The van der Waals surface area contributed by atoms with E-state index in [0.29, 0.717) is 5.92 Å². The molecule has 0 unspecified atom stereocenters. The van der Waals surface area contributed by atoms with Crippen molar-refractivity contribution < 1.29 is 0 Å². The molecule has 2 aliphatic rings. The van der Waals surface area contributed by atoms with Gasteiger partial charge in [-0.15, -0.1) is 0 Å². The molecule has 0 spiro atoms. The Kier molecular flexibility index (Phi) is 2.56. The molecule has 2 rings (SSSR count). The third-order valence-corrected chi connectivity index (χ3v) is 3.38. The molecule has 0 aromatic heterocycles. The molecule has 0 saturated heterocycles. The van der Waals surface area contributed by atoms with E-state index in [4.69, 9.17) is 5.41 Å². The number of amidine groups is 1. The van der Waals surface area contributed by atoms with Crippen molar-refractivity contribution in [2.24, 2.45) is 11.8 Å². The first-order valence-electron chi connectivity index (χ1n) is 5.57. The smallest absolute Gasteiger partial charge is 0.0986 e. The van der Waals surface area contributed by atoms with Gasteiger partial charge in [0.1, 0.15) is 0 Å². The second-order valence-corrected chi connectivity index (χ2v) is 4.69. The van der Waals surface area contributed by atoms with Gasteiger partial charge in [0.2, 0.25) is 0 Å². The molecule has 2 aliphatic carbocycles. The van der Waals surface area contributed by atoms with Crippen LogP contribution in [-0.2, 0) is 0 Å². The molecule has 1 N–H and O–H groups in total. The summed E-state index contributed by atoms with van der Waals surface area (Å²) in [5.41, 5.74) is 0. The number of hydrogen-bond donors (Lipinski definition) is 1. The fourth-order valence-corrected chi connectivity index (χ4v) is 2.30. The van der Waals surface area contributed by atoms with Crippen LogP contribution in [0.5, 0.6) is 0 Å². The summed E-state index contributed by atoms with van der Waals surface area (Å²) in [6, 6.07) is 0. The number of hydrogen-bond acceptors (Lipinski definition) is 1. The van der Waals surface area contributed by atoms with Crippen LogP contribution in [0, 0.1) is 17.2 Å². The van der Waals surface area contributed by atoms with Crippen LogP contribution in [-0.4, -0.2) is 24.3 Å². The summed E-state index contributed by atoms with van der Waals surface area (Å²) in [6.45, 7) is 1.13. The van der Waals surface area contributed by atoms with Crippen molar-refractivity contribution >= 4 is 5.84 Å². The summed E-state index contributed by atoms with van der Waals surface area (Å²) >= 11 is 0. The maximum Gasteiger partial charge on any atom is 0.0986 e. The number of rotatable bonds is 3. The number of nitrogens with zero attached hydrogens (tertiary/aromatic N) is 1. The molecule has 2 fully saturated rings. The highest BCUT2D eigenvalue weighted by atomic mass is 15.1. The van der Waals surface area contributed by atoms with E-state index < -0.39 is 0 Å². The maximum atomic E-state index is 8.04. The van der Waals surface area contributed by atoms with Gasteiger partial charge in [0, 0.05) is 19.5 Å². The van der Waals surface area contributed by atoms with Crippen molar-refractivity contribution in [2.45, 2.75) is 38.5 Å². The van der Waals surface area contributed by atoms with E-state index in [1.165, 1.54) is 38.5 Å². The molecule has 13 heavy (non-hydrogen) atoms. The van der Waals surface area contributed by atoms with Gasteiger partial charge in [-0.05, 0) is 31.6 Å². The summed E-state index contributed by atoms with van der Waals surface area (Å²) in [6.07, 6.45) is 7.97. The van der Waals surface area contributed by atoms with Gasteiger partial charge in [0.15, 0.2) is 0 Å². The molecule has 2 nitrogen and oxygen atoms in total. The van der Waals surface area contributed by atoms with Gasteiger partial charge in [-0.1, -0.05) is 12.8 Å². The molecule has 0 amide bonds. The second-order valence-electron chi connectivity index (χ2n) is 4.69. The molecule has 0 atom stereocenters.